The summed E-state index contributed by atoms with van der Waals surface area (Å²) in [6, 6.07) is 0.288. The highest BCUT2D eigenvalue weighted by atomic mass is 16.3. The Morgan fingerprint density at radius 1 is 1.03 bits per heavy atom. The zero-order valence-electron chi connectivity index (χ0n) is 19.5. The van der Waals surface area contributed by atoms with Gasteiger partial charge in [0.1, 0.15) is 0 Å². The molecule has 0 aromatic carbocycles. The van der Waals surface area contributed by atoms with Gasteiger partial charge in [0, 0.05) is 17.0 Å². The van der Waals surface area contributed by atoms with Crippen LogP contribution < -0.4 is 10.6 Å². The van der Waals surface area contributed by atoms with Gasteiger partial charge in [-0.25, -0.2) is 4.79 Å². The summed E-state index contributed by atoms with van der Waals surface area (Å²) in [5, 5.41) is 29.3. The van der Waals surface area contributed by atoms with Gasteiger partial charge in [0.2, 0.25) is 0 Å². The molecule has 0 radical (unpaired) electrons. The van der Waals surface area contributed by atoms with Gasteiger partial charge in [0.25, 0.3) is 0 Å². The molecule has 5 heteroatoms. The van der Waals surface area contributed by atoms with Crippen molar-refractivity contribution in [2.24, 2.45) is 28.6 Å². The maximum Gasteiger partial charge on any atom is 0.315 e. The molecule has 5 aliphatic carbocycles. The minimum Gasteiger partial charge on any atom is -0.393 e. The van der Waals surface area contributed by atoms with Crippen LogP contribution in [0.25, 0.3) is 0 Å². The molecule has 0 unspecified atom stereocenters. The average molecular weight is 431 g/mol. The van der Waals surface area contributed by atoms with Crippen LogP contribution in [0, 0.1) is 28.6 Å². The van der Waals surface area contributed by atoms with Crippen LogP contribution in [0.5, 0.6) is 0 Å². The number of urea groups is 1. The predicted molar refractivity (Wildman–Crippen MR) is 121 cm³/mol. The number of rotatable bonds is 2. The number of hydrogen-bond acceptors (Lipinski definition) is 3. The van der Waals surface area contributed by atoms with Crippen LogP contribution in [0.15, 0.2) is 12.2 Å². The second-order valence-corrected chi connectivity index (χ2v) is 12.2. The fraction of sp³-hybridized carbons (Fsp3) is 0.885. The van der Waals surface area contributed by atoms with Crippen LogP contribution in [-0.2, 0) is 0 Å². The van der Waals surface area contributed by atoms with Crippen molar-refractivity contribution in [1.29, 1.82) is 0 Å². The number of carbonyl (C=O) groups is 1. The zero-order chi connectivity index (χ0) is 22.0. The van der Waals surface area contributed by atoms with Gasteiger partial charge in [0.15, 0.2) is 0 Å². The van der Waals surface area contributed by atoms with Crippen molar-refractivity contribution in [3.63, 3.8) is 0 Å². The Bertz CT molecular complexity index is 749. The maximum atomic E-state index is 13.0. The summed E-state index contributed by atoms with van der Waals surface area (Å²) in [5.74, 6) is 0.650. The summed E-state index contributed by atoms with van der Waals surface area (Å²) in [6.45, 7) is 8.80. The van der Waals surface area contributed by atoms with Crippen LogP contribution in [-0.4, -0.2) is 40.0 Å². The van der Waals surface area contributed by atoms with Gasteiger partial charge < -0.3 is 20.8 Å². The highest BCUT2D eigenvalue weighted by molar-refractivity contribution is 5.75. The molecule has 4 N–H and O–H groups in total. The molecule has 31 heavy (non-hydrogen) atoms. The molecule has 5 nitrogen and oxygen atoms in total. The molecule has 5 aliphatic rings. The normalized spacial score (nSPS) is 49.8. The lowest BCUT2D eigenvalue weighted by atomic mass is 9.41. The van der Waals surface area contributed by atoms with E-state index in [1.165, 1.54) is 19.3 Å². The van der Waals surface area contributed by atoms with E-state index in [9.17, 15) is 15.0 Å². The van der Waals surface area contributed by atoms with E-state index in [0.29, 0.717) is 12.0 Å². The van der Waals surface area contributed by atoms with Crippen LogP contribution in [0.3, 0.4) is 0 Å². The molecule has 5 fully saturated rings. The molecule has 5 saturated carbocycles. The molecular weight excluding hydrogens is 388 g/mol. The Kier molecular flexibility index (Phi) is 5.25. The summed E-state index contributed by atoms with van der Waals surface area (Å²) in [6.07, 6.45) is 11.7. The highest BCUT2D eigenvalue weighted by Gasteiger charge is 2.69. The van der Waals surface area contributed by atoms with Gasteiger partial charge in [-0.1, -0.05) is 39.2 Å². The Hall–Kier alpha value is -1.07. The van der Waals surface area contributed by atoms with Crippen LogP contribution in [0.2, 0.25) is 0 Å². The summed E-state index contributed by atoms with van der Waals surface area (Å²) < 4.78 is 0. The molecular formula is C26H42N2O3. The minimum absolute atomic E-state index is 0.0162. The minimum atomic E-state index is -0.492. The molecule has 5 rings (SSSR count). The first-order valence-electron chi connectivity index (χ1n) is 12.8. The maximum absolute atomic E-state index is 13.0. The molecule has 2 bridgehead atoms. The fourth-order valence-electron chi connectivity index (χ4n) is 9.35. The highest BCUT2D eigenvalue weighted by Crippen LogP contribution is 2.70. The van der Waals surface area contributed by atoms with Gasteiger partial charge in [-0.15, -0.1) is 0 Å². The van der Waals surface area contributed by atoms with Gasteiger partial charge in [-0.3, -0.25) is 0 Å². The first-order chi connectivity index (χ1) is 14.7. The molecule has 8 atom stereocenters. The van der Waals surface area contributed by atoms with E-state index in [1.54, 1.807) is 0 Å². The third kappa shape index (κ3) is 3.20. The number of nitrogens with one attached hydrogen (secondary N) is 2. The first-order valence-corrected chi connectivity index (χ1v) is 12.8. The van der Waals surface area contributed by atoms with Crippen molar-refractivity contribution >= 4 is 6.03 Å². The fourth-order valence-corrected chi connectivity index (χ4v) is 9.35. The number of aliphatic hydroxyl groups is 2. The SMILES string of the molecule is C=C1[C@@H]2C[C@H](O)[C@H]3[C@]4(C)CCC[C@@](C)(NC(=O)NC5CCCCC5)[C@H]4CC[C@]3(C2)[C@@H]1O. The van der Waals surface area contributed by atoms with Crippen molar-refractivity contribution in [2.75, 3.05) is 0 Å². The summed E-state index contributed by atoms with van der Waals surface area (Å²) in [4.78, 5) is 13.0. The number of amides is 2. The Morgan fingerprint density at radius 3 is 2.52 bits per heavy atom. The standard InChI is InChI=1S/C26H42N2O3/c1-16-17-14-19(29)21-24(2)11-7-12-25(3,20(24)10-13-26(21,15-17)22(16)30)28-23(31)27-18-8-5-4-6-9-18/h17-22,29-30H,1,4-15H2,2-3H3,(H2,27,28,31)/t17-,19+,20+,21+,22-,24-,25-,26-/m1/s1. The Labute approximate surface area is 187 Å². The molecule has 0 saturated heterocycles. The number of aliphatic hydroxyl groups excluding tert-OH is 2. The topological polar surface area (TPSA) is 81.6 Å². The number of carbonyl (C=O) groups excluding carboxylic acids is 1. The lowest BCUT2D eigenvalue weighted by molar-refractivity contribution is -0.195. The van der Waals surface area contributed by atoms with Gasteiger partial charge in [-0.2, -0.15) is 0 Å². The lowest BCUT2D eigenvalue weighted by Gasteiger charge is -2.65. The Balaban J connectivity index is 1.39. The van der Waals surface area contributed by atoms with Crippen molar-refractivity contribution in [3.05, 3.63) is 12.2 Å². The average Bonchev–Trinajstić information content (AvgIpc) is 2.89. The van der Waals surface area contributed by atoms with E-state index in [0.717, 1.165) is 63.4 Å². The molecule has 0 heterocycles. The van der Waals surface area contributed by atoms with Crippen LogP contribution in [0.4, 0.5) is 4.79 Å². The summed E-state index contributed by atoms with van der Waals surface area (Å²) in [7, 11) is 0. The van der Waals surface area contributed by atoms with Crippen molar-refractivity contribution in [2.45, 2.75) is 115 Å². The first kappa shape index (κ1) is 21.8. The smallest absolute Gasteiger partial charge is 0.315 e. The summed E-state index contributed by atoms with van der Waals surface area (Å²) in [5.41, 5.74) is 0.365. The quantitative estimate of drug-likeness (QED) is 0.494. The predicted octanol–water partition coefficient (Wildman–Crippen LogP) is 4.28. The molecule has 0 aromatic rings. The van der Waals surface area contributed by atoms with E-state index < -0.39 is 6.10 Å². The molecule has 0 aliphatic heterocycles. The second-order valence-electron chi connectivity index (χ2n) is 12.2. The van der Waals surface area contributed by atoms with Gasteiger partial charge in [0.05, 0.1) is 12.2 Å². The van der Waals surface area contributed by atoms with E-state index in [2.05, 4.69) is 31.1 Å². The molecule has 2 amide bonds. The van der Waals surface area contributed by atoms with E-state index in [-0.39, 0.29) is 40.3 Å². The van der Waals surface area contributed by atoms with Gasteiger partial charge >= 0.3 is 6.03 Å². The number of fused-ring (bicyclic) bond motifs is 3. The van der Waals surface area contributed by atoms with Crippen LogP contribution >= 0.6 is 0 Å². The van der Waals surface area contributed by atoms with E-state index in [1.807, 2.05) is 0 Å². The third-order valence-electron chi connectivity index (χ3n) is 10.5. The largest absolute Gasteiger partial charge is 0.393 e. The van der Waals surface area contributed by atoms with Crippen LogP contribution in [0.1, 0.15) is 90.9 Å². The zero-order valence-corrected chi connectivity index (χ0v) is 19.5. The van der Waals surface area contributed by atoms with Crippen molar-refractivity contribution < 1.29 is 15.0 Å². The van der Waals surface area contributed by atoms with Crippen molar-refractivity contribution in [3.8, 4) is 0 Å². The monoisotopic (exact) mass is 430 g/mol. The lowest BCUT2D eigenvalue weighted by Crippen LogP contribution is -2.68. The molecule has 1 spiro atoms. The summed E-state index contributed by atoms with van der Waals surface area (Å²) >= 11 is 0. The second kappa shape index (κ2) is 7.48. The third-order valence-corrected chi connectivity index (χ3v) is 10.5. The molecule has 174 valence electrons. The number of hydrogen-bond donors (Lipinski definition) is 4. The Morgan fingerprint density at radius 2 is 1.77 bits per heavy atom. The molecule has 0 aromatic heterocycles. The van der Waals surface area contributed by atoms with E-state index >= 15 is 0 Å². The van der Waals surface area contributed by atoms with Gasteiger partial charge in [-0.05, 0) is 87.0 Å². The van der Waals surface area contributed by atoms with E-state index in [4.69, 9.17) is 0 Å². The van der Waals surface area contributed by atoms with Crippen molar-refractivity contribution in [1.82, 2.24) is 10.6 Å².